The minimum atomic E-state index is -0.128. The maximum absolute atomic E-state index is 12.1. The number of ether oxygens (including phenoxy) is 1. The quantitative estimate of drug-likeness (QED) is 0.826. The molecule has 0 aliphatic rings. The largest absolute Gasteiger partial charge is 0.491 e. The van der Waals surface area contributed by atoms with Gasteiger partial charge in [0, 0.05) is 12.6 Å². The van der Waals surface area contributed by atoms with Crippen LogP contribution in [0.15, 0.2) is 24.3 Å². The third-order valence-electron chi connectivity index (χ3n) is 2.19. The lowest BCUT2D eigenvalue weighted by atomic mass is 10.2. The maximum Gasteiger partial charge on any atom is 0.254 e. The Bertz CT molecular complexity index is 446. The zero-order valence-electron chi connectivity index (χ0n) is 10.8. The van der Waals surface area contributed by atoms with Crippen molar-refractivity contribution in [2.45, 2.75) is 20.0 Å². The zero-order valence-corrected chi connectivity index (χ0v) is 11.7. The number of hydrogen-bond donors (Lipinski definition) is 1. The fourth-order valence-corrected chi connectivity index (χ4v) is 1.69. The molecule has 0 saturated carbocycles. The summed E-state index contributed by atoms with van der Waals surface area (Å²) >= 11 is 4.78. The molecule has 0 unspecified atom stereocenters. The van der Waals surface area contributed by atoms with Gasteiger partial charge in [-0.1, -0.05) is 18.3 Å². The molecule has 0 bridgehead atoms. The van der Waals surface area contributed by atoms with Gasteiger partial charge in [0.25, 0.3) is 5.91 Å². The summed E-state index contributed by atoms with van der Waals surface area (Å²) in [7, 11) is 1.66. The summed E-state index contributed by atoms with van der Waals surface area (Å²) in [6.07, 6.45) is 0.0738. The fourth-order valence-electron chi connectivity index (χ4n) is 1.50. The minimum absolute atomic E-state index is 0.0738. The molecule has 0 aromatic heterocycles. The van der Waals surface area contributed by atoms with Gasteiger partial charge in [0.05, 0.1) is 17.6 Å². The molecule has 1 aromatic rings. The van der Waals surface area contributed by atoms with Gasteiger partial charge in [-0.25, -0.2) is 0 Å². The molecule has 18 heavy (non-hydrogen) atoms. The van der Waals surface area contributed by atoms with Crippen molar-refractivity contribution in [2.24, 2.45) is 5.73 Å². The average molecular weight is 266 g/mol. The van der Waals surface area contributed by atoms with Crippen LogP contribution in [0.4, 0.5) is 0 Å². The first kappa shape index (κ1) is 14.4. The number of amides is 1. The number of hydrogen-bond acceptors (Lipinski definition) is 3. The first-order valence-electron chi connectivity index (χ1n) is 5.70. The SMILES string of the molecule is CC(C)Oc1cccc(C(=O)N(C)CC(N)=S)c1. The summed E-state index contributed by atoms with van der Waals surface area (Å²) in [6, 6.07) is 7.08. The monoisotopic (exact) mass is 266 g/mol. The Morgan fingerprint density at radius 2 is 2.17 bits per heavy atom. The van der Waals surface area contributed by atoms with Gasteiger partial charge in [-0.3, -0.25) is 4.79 Å². The van der Waals surface area contributed by atoms with Crippen molar-refractivity contribution >= 4 is 23.1 Å². The third-order valence-corrected chi connectivity index (χ3v) is 2.32. The summed E-state index contributed by atoms with van der Waals surface area (Å²) in [5, 5.41) is 0. The Morgan fingerprint density at radius 1 is 1.50 bits per heavy atom. The summed E-state index contributed by atoms with van der Waals surface area (Å²) in [5.41, 5.74) is 5.98. The third kappa shape index (κ3) is 4.33. The molecule has 0 spiro atoms. The van der Waals surface area contributed by atoms with E-state index in [2.05, 4.69) is 0 Å². The highest BCUT2D eigenvalue weighted by atomic mass is 32.1. The number of nitrogens with two attached hydrogens (primary N) is 1. The molecule has 2 N–H and O–H groups in total. The van der Waals surface area contributed by atoms with E-state index in [0.29, 0.717) is 16.3 Å². The zero-order chi connectivity index (χ0) is 13.7. The number of carbonyl (C=O) groups is 1. The lowest BCUT2D eigenvalue weighted by molar-refractivity contribution is 0.0814. The van der Waals surface area contributed by atoms with E-state index in [1.807, 2.05) is 19.9 Å². The smallest absolute Gasteiger partial charge is 0.254 e. The first-order valence-corrected chi connectivity index (χ1v) is 6.11. The molecule has 1 aromatic carbocycles. The van der Waals surface area contributed by atoms with Crippen LogP contribution in [0.3, 0.4) is 0 Å². The Labute approximate surface area is 113 Å². The first-order chi connectivity index (χ1) is 8.40. The van der Waals surface area contributed by atoms with Crippen molar-refractivity contribution in [2.75, 3.05) is 13.6 Å². The Hall–Kier alpha value is -1.62. The van der Waals surface area contributed by atoms with Crippen LogP contribution >= 0.6 is 12.2 Å². The van der Waals surface area contributed by atoms with Gasteiger partial charge in [0.2, 0.25) is 0 Å². The van der Waals surface area contributed by atoms with Crippen LogP contribution in [-0.4, -0.2) is 35.5 Å². The average Bonchev–Trinajstić information content (AvgIpc) is 2.26. The molecule has 0 aliphatic carbocycles. The Morgan fingerprint density at radius 3 is 2.72 bits per heavy atom. The van der Waals surface area contributed by atoms with E-state index in [9.17, 15) is 4.79 Å². The van der Waals surface area contributed by atoms with Crippen molar-refractivity contribution in [1.29, 1.82) is 0 Å². The maximum atomic E-state index is 12.1. The molecule has 0 atom stereocenters. The highest BCUT2D eigenvalue weighted by Crippen LogP contribution is 2.16. The summed E-state index contributed by atoms with van der Waals surface area (Å²) < 4.78 is 5.54. The van der Waals surface area contributed by atoms with Crippen molar-refractivity contribution < 1.29 is 9.53 Å². The molecule has 5 heteroatoms. The topological polar surface area (TPSA) is 55.6 Å². The number of benzene rings is 1. The fraction of sp³-hybridized carbons (Fsp3) is 0.385. The number of rotatable bonds is 5. The Balaban J connectivity index is 2.82. The van der Waals surface area contributed by atoms with Crippen LogP contribution in [-0.2, 0) is 0 Å². The van der Waals surface area contributed by atoms with E-state index >= 15 is 0 Å². The van der Waals surface area contributed by atoms with Gasteiger partial charge in [0.1, 0.15) is 5.75 Å². The second-order valence-corrected chi connectivity index (χ2v) is 4.85. The van der Waals surface area contributed by atoms with Crippen molar-refractivity contribution in [1.82, 2.24) is 4.90 Å². The van der Waals surface area contributed by atoms with Gasteiger partial charge < -0.3 is 15.4 Å². The molecule has 0 radical (unpaired) electrons. The van der Waals surface area contributed by atoms with Crippen molar-refractivity contribution in [3.05, 3.63) is 29.8 Å². The van der Waals surface area contributed by atoms with E-state index in [1.54, 1.807) is 25.2 Å². The van der Waals surface area contributed by atoms with E-state index in [4.69, 9.17) is 22.7 Å². The molecular formula is C13H18N2O2S. The molecule has 0 fully saturated rings. The highest BCUT2D eigenvalue weighted by molar-refractivity contribution is 7.80. The molecule has 98 valence electrons. The van der Waals surface area contributed by atoms with Gasteiger partial charge in [-0.2, -0.15) is 0 Å². The second kappa shape index (κ2) is 6.35. The van der Waals surface area contributed by atoms with Crippen molar-refractivity contribution in [3.63, 3.8) is 0 Å². The van der Waals surface area contributed by atoms with E-state index in [-0.39, 0.29) is 18.6 Å². The number of carbonyl (C=O) groups excluding carboxylic acids is 1. The normalized spacial score (nSPS) is 10.2. The standard InChI is InChI=1S/C13H18N2O2S/c1-9(2)17-11-6-4-5-10(7-11)13(16)15(3)8-12(14)18/h4-7,9H,8H2,1-3H3,(H2,14,18). The summed E-state index contributed by atoms with van der Waals surface area (Å²) in [4.78, 5) is 13.8. The molecule has 1 rings (SSSR count). The van der Waals surface area contributed by atoms with Crippen LogP contribution in [0.1, 0.15) is 24.2 Å². The summed E-state index contributed by atoms with van der Waals surface area (Å²) in [6.45, 7) is 4.14. The van der Waals surface area contributed by atoms with Crippen LogP contribution in [0.5, 0.6) is 5.75 Å². The summed E-state index contributed by atoms with van der Waals surface area (Å²) in [5.74, 6) is 0.552. The van der Waals surface area contributed by atoms with E-state index in [1.165, 1.54) is 4.90 Å². The van der Waals surface area contributed by atoms with E-state index < -0.39 is 0 Å². The molecule has 0 heterocycles. The molecule has 4 nitrogen and oxygen atoms in total. The molecular weight excluding hydrogens is 248 g/mol. The minimum Gasteiger partial charge on any atom is -0.491 e. The molecule has 0 aliphatic heterocycles. The van der Waals surface area contributed by atoms with Gasteiger partial charge >= 0.3 is 0 Å². The second-order valence-electron chi connectivity index (χ2n) is 4.32. The predicted octanol–water partition coefficient (Wildman–Crippen LogP) is 1.83. The number of thiocarbonyl (C=S) groups is 1. The van der Waals surface area contributed by atoms with E-state index in [0.717, 1.165) is 0 Å². The van der Waals surface area contributed by atoms with Crippen molar-refractivity contribution in [3.8, 4) is 5.75 Å². The lowest BCUT2D eigenvalue weighted by Crippen LogP contribution is -2.34. The van der Waals surface area contributed by atoms with Crippen LogP contribution < -0.4 is 10.5 Å². The number of nitrogens with zero attached hydrogens (tertiary/aromatic N) is 1. The predicted molar refractivity (Wildman–Crippen MR) is 76.0 cm³/mol. The Kier molecular flexibility index (Phi) is 5.09. The van der Waals surface area contributed by atoms with Crippen LogP contribution in [0.25, 0.3) is 0 Å². The van der Waals surface area contributed by atoms with Crippen LogP contribution in [0.2, 0.25) is 0 Å². The van der Waals surface area contributed by atoms with Crippen LogP contribution in [0, 0.1) is 0 Å². The van der Waals surface area contributed by atoms with Gasteiger partial charge in [-0.15, -0.1) is 0 Å². The molecule has 1 amide bonds. The lowest BCUT2D eigenvalue weighted by Gasteiger charge is -2.17. The van der Waals surface area contributed by atoms with Gasteiger partial charge in [-0.05, 0) is 32.0 Å². The molecule has 0 saturated heterocycles. The van der Waals surface area contributed by atoms with Gasteiger partial charge in [0.15, 0.2) is 0 Å². The highest BCUT2D eigenvalue weighted by Gasteiger charge is 2.13. The number of likely N-dealkylation sites (N-methyl/N-ethyl adjacent to an activating group) is 1.